The van der Waals surface area contributed by atoms with E-state index in [0.717, 1.165) is 0 Å². The molecule has 2 aliphatic rings. The number of carbonyl (C=O) groups is 2. The Bertz CT molecular complexity index is 1590. The predicted octanol–water partition coefficient (Wildman–Crippen LogP) is 6.32. The van der Waals surface area contributed by atoms with Gasteiger partial charge < -0.3 is 24.8 Å². The largest absolute Gasteiger partial charge is 0.493 e. The average molecular weight is 542 g/mol. The Morgan fingerprint density at radius 1 is 0.900 bits per heavy atom. The van der Waals surface area contributed by atoms with Gasteiger partial charge in [0.25, 0.3) is 0 Å². The zero-order valence-electron chi connectivity index (χ0n) is 21.9. The number of ether oxygens (including phenoxy) is 3. The van der Waals surface area contributed by atoms with Crippen LogP contribution in [0, 0.1) is 17.2 Å². The lowest BCUT2D eigenvalue weighted by molar-refractivity contribution is -0.131. The van der Waals surface area contributed by atoms with Crippen LogP contribution in [-0.4, -0.2) is 30.5 Å². The Morgan fingerprint density at radius 3 is 2.33 bits per heavy atom. The van der Waals surface area contributed by atoms with Gasteiger partial charge in [-0.25, -0.2) is 4.39 Å². The molecule has 1 aromatic heterocycles. The summed E-state index contributed by atoms with van der Waals surface area (Å²) in [5, 5.41) is 6.10. The third-order valence-corrected chi connectivity index (χ3v) is 7.22. The van der Waals surface area contributed by atoms with Crippen molar-refractivity contribution in [1.82, 2.24) is 4.98 Å². The van der Waals surface area contributed by atoms with E-state index >= 15 is 4.39 Å². The van der Waals surface area contributed by atoms with Gasteiger partial charge in [0.05, 0.1) is 19.2 Å². The van der Waals surface area contributed by atoms with Crippen LogP contribution in [0.5, 0.6) is 23.0 Å². The third kappa shape index (κ3) is 5.27. The van der Waals surface area contributed by atoms with E-state index in [4.69, 9.17) is 14.2 Å². The maximum Gasteiger partial charge on any atom is 0.240 e. The summed E-state index contributed by atoms with van der Waals surface area (Å²) in [5.74, 6) is 0.568. The predicted molar refractivity (Wildman–Crippen MR) is 148 cm³/mol. The SMILES string of the molecule is COc1cc2c(Oc3ccc(NC(=O)C4(C(=O)Nc5ccccc5)CC4)cc3F)ccnc2cc1OCC1CC1. The molecule has 3 aromatic carbocycles. The second kappa shape index (κ2) is 10.5. The van der Waals surface area contributed by atoms with Gasteiger partial charge in [0.2, 0.25) is 11.8 Å². The molecule has 0 saturated heterocycles. The number of benzene rings is 3. The number of hydrogen-bond acceptors (Lipinski definition) is 6. The number of anilines is 2. The lowest BCUT2D eigenvalue weighted by atomic mass is 10.0. The van der Waals surface area contributed by atoms with Crippen LogP contribution < -0.4 is 24.8 Å². The number of nitrogens with zero attached hydrogens (tertiary/aromatic N) is 1. The normalized spacial score (nSPS) is 15.2. The number of para-hydroxylation sites is 1. The van der Waals surface area contributed by atoms with Crippen LogP contribution in [0.3, 0.4) is 0 Å². The number of rotatable bonds is 10. The molecule has 0 bridgehead atoms. The highest BCUT2D eigenvalue weighted by Gasteiger charge is 2.56. The van der Waals surface area contributed by atoms with Crippen LogP contribution in [0.15, 0.2) is 72.9 Å². The number of amides is 2. The van der Waals surface area contributed by atoms with E-state index in [-0.39, 0.29) is 17.3 Å². The molecule has 9 heteroatoms. The van der Waals surface area contributed by atoms with Crippen LogP contribution in [0.25, 0.3) is 10.9 Å². The fourth-order valence-electron chi connectivity index (χ4n) is 4.47. The summed E-state index contributed by atoms with van der Waals surface area (Å²) in [6, 6.07) is 18.3. The van der Waals surface area contributed by atoms with Gasteiger partial charge in [0.15, 0.2) is 23.1 Å². The standard InChI is InChI=1S/C31H28FN3O5/c1-38-27-16-22-24(17-28(27)39-18-19-7-8-19)33-14-11-25(22)40-26-10-9-21(15-23(26)32)35-30(37)31(12-13-31)29(36)34-20-5-3-2-4-6-20/h2-6,9-11,14-17,19H,7-8,12-13,18H2,1H3,(H,34,36)(H,35,37). The molecule has 2 aliphatic carbocycles. The monoisotopic (exact) mass is 541 g/mol. The van der Waals surface area contributed by atoms with Gasteiger partial charge in [-0.3, -0.25) is 14.6 Å². The van der Waals surface area contributed by atoms with E-state index in [0.29, 0.717) is 59.2 Å². The van der Waals surface area contributed by atoms with Gasteiger partial charge >= 0.3 is 0 Å². The second-order valence-electron chi connectivity index (χ2n) is 10.2. The van der Waals surface area contributed by atoms with Crippen molar-refractivity contribution in [3.8, 4) is 23.0 Å². The summed E-state index contributed by atoms with van der Waals surface area (Å²) < 4.78 is 32.5. The molecule has 4 aromatic rings. The molecule has 2 saturated carbocycles. The number of hydrogen-bond donors (Lipinski definition) is 2. The van der Waals surface area contributed by atoms with Crippen molar-refractivity contribution in [2.24, 2.45) is 11.3 Å². The molecule has 0 radical (unpaired) electrons. The zero-order valence-corrected chi connectivity index (χ0v) is 21.9. The van der Waals surface area contributed by atoms with E-state index in [1.165, 1.54) is 31.0 Å². The summed E-state index contributed by atoms with van der Waals surface area (Å²) in [6.07, 6.45) is 4.77. The molecule has 1 heterocycles. The maximum atomic E-state index is 15.1. The van der Waals surface area contributed by atoms with E-state index < -0.39 is 17.1 Å². The highest BCUT2D eigenvalue weighted by Crippen LogP contribution is 2.47. The van der Waals surface area contributed by atoms with Crippen LogP contribution in [0.2, 0.25) is 0 Å². The molecular weight excluding hydrogens is 513 g/mol. The van der Waals surface area contributed by atoms with Crippen molar-refractivity contribution in [3.05, 3.63) is 78.7 Å². The molecule has 0 aliphatic heterocycles. The van der Waals surface area contributed by atoms with Gasteiger partial charge in [-0.1, -0.05) is 18.2 Å². The minimum atomic E-state index is -1.17. The lowest BCUT2D eigenvalue weighted by Crippen LogP contribution is -2.35. The molecule has 0 spiro atoms. The number of methoxy groups -OCH3 is 1. The van der Waals surface area contributed by atoms with E-state index in [9.17, 15) is 9.59 Å². The number of pyridine rings is 1. The zero-order chi connectivity index (χ0) is 27.7. The Morgan fingerprint density at radius 2 is 1.65 bits per heavy atom. The molecule has 2 amide bonds. The first-order valence-electron chi connectivity index (χ1n) is 13.2. The third-order valence-electron chi connectivity index (χ3n) is 7.22. The smallest absolute Gasteiger partial charge is 0.240 e. The number of halogens is 1. The fourth-order valence-corrected chi connectivity index (χ4v) is 4.47. The van der Waals surface area contributed by atoms with Gasteiger partial charge in [0.1, 0.15) is 11.2 Å². The number of aromatic nitrogens is 1. The van der Waals surface area contributed by atoms with Crippen LogP contribution in [0.1, 0.15) is 25.7 Å². The Hall–Kier alpha value is -4.66. The molecule has 0 unspecified atom stereocenters. The topological polar surface area (TPSA) is 98.8 Å². The summed E-state index contributed by atoms with van der Waals surface area (Å²) in [6.45, 7) is 0.630. The summed E-state index contributed by atoms with van der Waals surface area (Å²) in [5.41, 5.74) is 0.296. The Labute approximate surface area is 230 Å². The van der Waals surface area contributed by atoms with Crippen molar-refractivity contribution < 1.29 is 28.2 Å². The molecule has 40 heavy (non-hydrogen) atoms. The molecule has 6 rings (SSSR count). The van der Waals surface area contributed by atoms with E-state index in [1.807, 2.05) is 6.07 Å². The van der Waals surface area contributed by atoms with E-state index in [1.54, 1.807) is 55.8 Å². The fraction of sp³-hybridized carbons (Fsp3) is 0.258. The lowest BCUT2D eigenvalue weighted by Gasteiger charge is -2.16. The van der Waals surface area contributed by atoms with Gasteiger partial charge in [-0.15, -0.1) is 0 Å². The molecule has 2 fully saturated rings. The number of carbonyl (C=O) groups excluding carboxylic acids is 2. The first-order valence-corrected chi connectivity index (χ1v) is 13.2. The first kappa shape index (κ1) is 25.6. The van der Waals surface area contributed by atoms with E-state index in [2.05, 4.69) is 15.6 Å². The van der Waals surface area contributed by atoms with Crippen LogP contribution in [0.4, 0.5) is 15.8 Å². The quantitative estimate of drug-likeness (QED) is 0.228. The molecular formula is C31H28FN3O5. The summed E-state index contributed by atoms with van der Waals surface area (Å²) in [4.78, 5) is 30.2. The molecule has 2 N–H and O–H groups in total. The number of nitrogens with one attached hydrogen (secondary N) is 2. The van der Waals surface area contributed by atoms with Gasteiger partial charge in [-0.2, -0.15) is 0 Å². The van der Waals surface area contributed by atoms with Crippen molar-refractivity contribution >= 4 is 34.1 Å². The number of fused-ring (bicyclic) bond motifs is 1. The second-order valence-corrected chi connectivity index (χ2v) is 10.2. The van der Waals surface area contributed by atoms with Gasteiger partial charge in [-0.05, 0) is 68.0 Å². The van der Waals surface area contributed by atoms with Crippen molar-refractivity contribution in [3.63, 3.8) is 0 Å². The van der Waals surface area contributed by atoms with Crippen LogP contribution in [-0.2, 0) is 9.59 Å². The Balaban J connectivity index is 1.16. The first-order chi connectivity index (χ1) is 19.4. The minimum Gasteiger partial charge on any atom is -0.493 e. The van der Waals surface area contributed by atoms with Crippen molar-refractivity contribution in [2.45, 2.75) is 25.7 Å². The van der Waals surface area contributed by atoms with Crippen molar-refractivity contribution in [2.75, 3.05) is 24.4 Å². The van der Waals surface area contributed by atoms with Crippen molar-refractivity contribution in [1.29, 1.82) is 0 Å². The molecule has 8 nitrogen and oxygen atoms in total. The minimum absolute atomic E-state index is 0.0264. The Kier molecular flexibility index (Phi) is 6.71. The summed E-state index contributed by atoms with van der Waals surface area (Å²) >= 11 is 0. The molecule has 204 valence electrons. The van der Waals surface area contributed by atoms with Crippen LogP contribution >= 0.6 is 0 Å². The molecule has 0 atom stereocenters. The average Bonchev–Trinajstić information content (AvgIpc) is 3.88. The summed E-state index contributed by atoms with van der Waals surface area (Å²) in [7, 11) is 1.56. The highest BCUT2D eigenvalue weighted by molar-refractivity contribution is 6.16. The van der Waals surface area contributed by atoms with Gasteiger partial charge in [0, 0.05) is 35.1 Å². The highest BCUT2D eigenvalue weighted by atomic mass is 19.1. The maximum absolute atomic E-state index is 15.1.